The van der Waals surface area contributed by atoms with E-state index in [2.05, 4.69) is 95.1 Å². The molecule has 2 atom stereocenters. The number of anilines is 2. The molecule has 9 nitrogen and oxygen atoms in total. The summed E-state index contributed by atoms with van der Waals surface area (Å²) in [6.45, 7) is 13.6. The van der Waals surface area contributed by atoms with Gasteiger partial charge in [-0.3, -0.25) is 5.32 Å². The van der Waals surface area contributed by atoms with Crippen molar-refractivity contribution in [3.8, 4) is 0 Å². The van der Waals surface area contributed by atoms with E-state index in [0.717, 1.165) is 23.6 Å². The molecule has 0 bridgehead atoms. The molecule has 5 heterocycles. The number of benzene rings is 1. The summed E-state index contributed by atoms with van der Waals surface area (Å²) in [5.41, 5.74) is 4.62. The molecule has 0 radical (unpaired) electrons. The summed E-state index contributed by atoms with van der Waals surface area (Å²) in [7, 11) is -2.00. The number of nitrogens with one attached hydrogen (secondary N) is 1. The Hall–Kier alpha value is -3.76. The predicted octanol–water partition coefficient (Wildman–Crippen LogP) is 6.97. The number of hydrogen-bond donors (Lipinski definition) is 1. The number of nitrogens with zero attached hydrogens (tertiary/aromatic N) is 6. The molecular formula is C34H43N7O2Si. The van der Waals surface area contributed by atoms with Gasteiger partial charge in [-0.1, -0.05) is 57.2 Å². The van der Waals surface area contributed by atoms with Crippen LogP contribution in [0.3, 0.4) is 0 Å². The normalized spacial score (nSPS) is 21.1. The highest BCUT2D eigenvalue weighted by Gasteiger charge is 2.44. The molecule has 10 heteroatoms. The van der Waals surface area contributed by atoms with Gasteiger partial charge in [0, 0.05) is 50.4 Å². The monoisotopic (exact) mass is 609 g/mol. The SMILES string of the molecule is CC(C)(C)[Si](C)(C)OC1C[C@H](c2cn3cc(C4CC4)ccc3n2)N(c2cc(NC(=O)N3CC(c4ccccc4)C3)ncn2)C1. The van der Waals surface area contributed by atoms with Crippen LogP contribution >= 0.6 is 0 Å². The van der Waals surface area contributed by atoms with E-state index in [1.165, 1.54) is 24.0 Å². The van der Waals surface area contributed by atoms with Crippen LogP contribution in [0, 0.1) is 0 Å². The van der Waals surface area contributed by atoms with Crippen LogP contribution in [0.2, 0.25) is 18.1 Å². The minimum Gasteiger partial charge on any atom is -0.412 e. The lowest BCUT2D eigenvalue weighted by Gasteiger charge is -2.39. The zero-order chi connectivity index (χ0) is 30.6. The van der Waals surface area contributed by atoms with Crippen LogP contribution < -0.4 is 10.2 Å². The molecule has 3 aromatic heterocycles. The van der Waals surface area contributed by atoms with Gasteiger partial charge in [0.2, 0.25) is 0 Å². The van der Waals surface area contributed by atoms with E-state index >= 15 is 0 Å². The highest BCUT2D eigenvalue weighted by molar-refractivity contribution is 6.74. The number of imidazole rings is 1. The van der Waals surface area contributed by atoms with Crippen molar-refractivity contribution in [1.82, 2.24) is 24.3 Å². The molecule has 44 heavy (non-hydrogen) atoms. The van der Waals surface area contributed by atoms with E-state index in [9.17, 15) is 4.79 Å². The maximum absolute atomic E-state index is 13.1. The minimum absolute atomic E-state index is 0.00509. The highest BCUT2D eigenvalue weighted by atomic mass is 28.4. The van der Waals surface area contributed by atoms with Gasteiger partial charge in [0.1, 0.15) is 23.6 Å². The van der Waals surface area contributed by atoms with E-state index in [1.807, 2.05) is 29.2 Å². The van der Waals surface area contributed by atoms with Gasteiger partial charge in [-0.25, -0.2) is 19.7 Å². The van der Waals surface area contributed by atoms with Crippen LogP contribution in [-0.4, -0.2) is 64.3 Å². The molecule has 2 saturated heterocycles. The number of likely N-dealkylation sites (tertiary alicyclic amines) is 1. The molecule has 1 unspecified atom stereocenters. The Bertz CT molecular complexity index is 1660. The molecule has 3 fully saturated rings. The van der Waals surface area contributed by atoms with Crippen molar-refractivity contribution in [2.75, 3.05) is 29.9 Å². The predicted molar refractivity (Wildman–Crippen MR) is 176 cm³/mol. The summed E-state index contributed by atoms with van der Waals surface area (Å²) >= 11 is 0. The Morgan fingerprint density at radius 1 is 0.955 bits per heavy atom. The topological polar surface area (TPSA) is 87.9 Å². The number of amides is 2. The van der Waals surface area contributed by atoms with E-state index in [1.54, 1.807) is 6.33 Å². The summed E-state index contributed by atoms with van der Waals surface area (Å²) in [4.78, 5) is 31.4. The maximum Gasteiger partial charge on any atom is 0.323 e. The van der Waals surface area contributed by atoms with Gasteiger partial charge in [-0.15, -0.1) is 0 Å². The summed E-state index contributed by atoms with van der Waals surface area (Å²) in [5.74, 6) is 2.32. The third kappa shape index (κ3) is 5.72. The molecular weight excluding hydrogens is 567 g/mol. The molecule has 2 amide bonds. The number of urea groups is 1. The van der Waals surface area contributed by atoms with Gasteiger partial charge < -0.3 is 18.6 Å². The summed E-state index contributed by atoms with van der Waals surface area (Å²) in [6.07, 6.45) is 9.37. The molecule has 1 aliphatic carbocycles. The first-order valence-corrected chi connectivity index (χ1v) is 18.8. The lowest BCUT2D eigenvalue weighted by Crippen LogP contribution is -2.50. The molecule has 3 aliphatic rings. The standard InChI is InChI=1S/C34H43N7O2Si/c1-34(2,3)44(4,5)43-27-15-29(28-21-39-17-25(24-11-12-24)13-14-31(39)37-28)41(20-27)32-16-30(35-22-36-32)38-33(42)40-18-26(19-40)23-9-7-6-8-10-23/h6-10,13-14,16-17,21-22,24,26-27,29H,11-12,15,18-20H2,1-5H3,(H,35,36,38,42)/t27?,29-/m1/s1. The van der Waals surface area contributed by atoms with Crippen molar-refractivity contribution >= 4 is 31.6 Å². The number of fused-ring (bicyclic) bond motifs is 1. The van der Waals surface area contributed by atoms with Gasteiger partial charge >= 0.3 is 6.03 Å². The second-order valence-electron chi connectivity index (χ2n) is 14.3. The number of hydrogen-bond acceptors (Lipinski definition) is 6. The Morgan fingerprint density at radius 3 is 2.45 bits per heavy atom. The first-order chi connectivity index (χ1) is 21.0. The molecule has 1 N–H and O–H groups in total. The van der Waals surface area contributed by atoms with Crippen LogP contribution in [0.1, 0.15) is 74.7 Å². The lowest BCUT2D eigenvalue weighted by molar-refractivity contribution is 0.164. The van der Waals surface area contributed by atoms with Gasteiger partial charge in [0.25, 0.3) is 0 Å². The maximum atomic E-state index is 13.1. The fraction of sp³-hybridized carbons (Fsp3) is 0.471. The first-order valence-electron chi connectivity index (χ1n) is 15.9. The first kappa shape index (κ1) is 29.0. The van der Waals surface area contributed by atoms with Gasteiger partial charge in [-0.05, 0) is 54.1 Å². The number of rotatable bonds is 7. The van der Waals surface area contributed by atoms with Crippen molar-refractivity contribution in [3.05, 3.63) is 84.1 Å². The smallest absolute Gasteiger partial charge is 0.323 e. The Balaban J connectivity index is 1.11. The number of carbonyl (C=O) groups is 1. The molecule has 0 spiro atoms. The zero-order valence-electron chi connectivity index (χ0n) is 26.4. The molecule has 1 saturated carbocycles. The number of carbonyl (C=O) groups excluding carboxylic acids is 1. The van der Waals surface area contributed by atoms with Crippen molar-refractivity contribution in [1.29, 1.82) is 0 Å². The van der Waals surface area contributed by atoms with Crippen LogP contribution in [-0.2, 0) is 4.43 Å². The van der Waals surface area contributed by atoms with Crippen molar-refractivity contribution in [2.24, 2.45) is 0 Å². The Morgan fingerprint density at radius 2 is 1.73 bits per heavy atom. The lowest BCUT2D eigenvalue weighted by atomic mass is 9.92. The molecule has 4 aromatic rings. The van der Waals surface area contributed by atoms with E-state index in [-0.39, 0.29) is 23.2 Å². The summed E-state index contributed by atoms with van der Waals surface area (Å²) < 4.78 is 9.11. The highest BCUT2D eigenvalue weighted by Crippen LogP contribution is 2.43. The Labute approximate surface area is 260 Å². The summed E-state index contributed by atoms with van der Waals surface area (Å²) in [5, 5.41) is 3.13. The van der Waals surface area contributed by atoms with Gasteiger partial charge in [-0.2, -0.15) is 0 Å². The van der Waals surface area contributed by atoms with E-state index in [0.29, 0.717) is 37.3 Å². The fourth-order valence-electron chi connectivity index (χ4n) is 6.20. The Kier molecular flexibility index (Phi) is 7.24. The average Bonchev–Trinajstić information content (AvgIpc) is 3.59. The van der Waals surface area contributed by atoms with Crippen LogP contribution in [0.5, 0.6) is 0 Å². The van der Waals surface area contributed by atoms with E-state index in [4.69, 9.17) is 9.41 Å². The summed E-state index contributed by atoms with van der Waals surface area (Å²) in [6, 6.07) is 16.5. The van der Waals surface area contributed by atoms with Crippen molar-refractivity contribution in [3.63, 3.8) is 0 Å². The second kappa shape index (κ2) is 11.0. The van der Waals surface area contributed by atoms with Crippen molar-refractivity contribution < 1.29 is 9.22 Å². The number of pyridine rings is 1. The number of aromatic nitrogens is 4. The average molecular weight is 610 g/mol. The van der Waals surface area contributed by atoms with Crippen molar-refractivity contribution in [2.45, 2.75) is 82.1 Å². The third-order valence-corrected chi connectivity index (χ3v) is 14.6. The molecule has 7 rings (SSSR count). The van der Waals surface area contributed by atoms with Gasteiger partial charge in [0.15, 0.2) is 8.32 Å². The largest absolute Gasteiger partial charge is 0.412 e. The quantitative estimate of drug-likeness (QED) is 0.228. The third-order valence-electron chi connectivity index (χ3n) is 10.0. The van der Waals surface area contributed by atoms with E-state index < -0.39 is 8.32 Å². The minimum atomic E-state index is -2.00. The second-order valence-corrected chi connectivity index (χ2v) is 19.0. The zero-order valence-corrected chi connectivity index (χ0v) is 27.4. The van der Waals surface area contributed by atoms with Crippen LogP contribution in [0.15, 0.2) is 67.3 Å². The molecule has 2 aliphatic heterocycles. The fourth-order valence-corrected chi connectivity index (χ4v) is 7.56. The van der Waals surface area contributed by atoms with Crippen LogP contribution in [0.25, 0.3) is 5.65 Å². The molecule has 1 aromatic carbocycles. The van der Waals surface area contributed by atoms with Gasteiger partial charge in [0.05, 0.1) is 17.8 Å². The van der Waals surface area contributed by atoms with Crippen LogP contribution in [0.4, 0.5) is 16.4 Å². The molecule has 230 valence electrons.